The molecule has 0 saturated heterocycles. The molecule has 57 valence electrons. The van der Waals surface area contributed by atoms with Crippen molar-refractivity contribution >= 4 is 42.8 Å². The SMILES string of the molecule is Nc1cc2ccccc2[c]([Sn])n1. The molecule has 0 saturated carbocycles. The van der Waals surface area contributed by atoms with Crippen molar-refractivity contribution in [2.45, 2.75) is 0 Å². The minimum absolute atomic E-state index is 0.612. The first-order valence-corrected chi connectivity index (χ1v) is 5.07. The second-order valence-corrected chi connectivity index (χ2v) is 3.97. The van der Waals surface area contributed by atoms with Crippen LogP contribution in [-0.4, -0.2) is 27.5 Å². The zero-order chi connectivity index (χ0) is 8.55. The molecule has 0 amide bonds. The summed E-state index contributed by atoms with van der Waals surface area (Å²) in [6.45, 7) is 0. The van der Waals surface area contributed by atoms with Crippen LogP contribution in [0.4, 0.5) is 5.82 Å². The molecule has 2 rings (SSSR count). The van der Waals surface area contributed by atoms with Crippen molar-refractivity contribution in [3.8, 4) is 0 Å². The topological polar surface area (TPSA) is 38.9 Å². The van der Waals surface area contributed by atoms with Crippen LogP contribution in [0.15, 0.2) is 30.3 Å². The Bertz CT molecular complexity index is 426. The van der Waals surface area contributed by atoms with Crippen molar-refractivity contribution in [2.24, 2.45) is 0 Å². The third kappa shape index (κ3) is 1.26. The van der Waals surface area contributed by atoms with Crippen LogP contribution in [-0.2, 0) is 0 Å². The summed E-state index contributed by atoms with van der Waals surface area (Å²) < 4.78 is 1.08. The van der Waals surface area contributed by atoms with E-state index >= 15 is 0 Å². The number of rotatable bonds is 0. The number of nitrogens with two attached hydrogens (primary N) is 1. The number of pyridine rings is 1. The first-order chi connectivity index (χ1) is 5.77. The van der Waals surface area contributed by atoms with Gasteiger partial charge in [0.2, 0.25) is 0 Å². The van der Waals surface area contributed by atoms with Gasteiger partial charge in [-0.25, -0.2) is 0 Å². The van der Waals surface area contributed by atoms with Gasteiger partial charge in [-0.15, -0.1) is 0 Å². The molecule has 2 aromatic rings. The van der Waals surface area contributed by atoms with Crippen LogP contribution < -0.4 is 9.44 Å². The van der Waals surface area contributed by atoms with Gasteiger partial charge in [0, 0.05) is 0 Å². The van der Waals surface area contributed by atoms with E-state index in [0.717, 1.165) is 3.71 Å². The second-order valence-electron chi connectivity index (χ2n) is 2.62. The monoisotopic (exact) mass is 263 g/mol. The van der Waals surface area contributed by atoms with Crippen molar-refractivity contribution in [3.05, 3.63) is 30.3 Å². The van der Waals surface area contributed by atoms with E-state index in [1.807, 2.05) is 18.2 Å². The summed E-state index contributed by atoms with van der Waals surface area (Å²) >= 11 is 1.31. The predicted molar refractivity (Wildman–Crippen MR) is 51.5 cm³/mol. The molecule has 0 fully saturated rings. The van der Waals surface area contributed by atoms with Crippen molar-refractivity contribution in [2.75, 3.05) is 5.73 Å². The first-order valence-electron chi connectivity index (χ1n) is 3.64. The van der Waals surface area contributed by atoms with Crippen LogP contribution >= 0.6 is 0 Å². The van der Waals surface area contributed by atoms with E-state index in [1.54, 1.807) is 0 Å². The molecule has 1 heterocycles. The van der Waals surface area contributed by atoms with Gasteiger partial charge in [-0.1, -0.05) is 0 Å². The molecule has 3 radical (unpaired) electrons. The summed E-state index contributed by atoms with van der Waals surface area (Å²) in [7, 11) is 0. The van der Waals surface area contributed by atoms with Crippen LogP contribution in [0.3, 0.4) is 0 Å². The quantitative estimate of drug-likeness (QED) is 0.706. The van der Waals surface area contributed by atoms with Crippen LogP contribution in [0, 0.1) is 0 Å². The second kappa shape index (κ2) is 2.93. The molecular formula is C9H7N2Sn. The average molecular weight is 262 g/mol. The summed E-state index contributed by atoms with van der Waals surface area (Å²) in [4.78, 5) is 4.22. The molecule has 0 bridgehead atoms. The zero-order valence-electron chi connectivity index (χ0n) is 6.41. The van der Waals surface area contributed by atoms with Gasteiger partial charge in [-0.05, 0) is 0 Å². The van der Waals surface area contributed by atoms with Gasteiger partial charge >= 0.3 is 83.9 Å². The van der Waals surface area contributed by atoms with Crippen molar-refractivity contribution in [1.29, 1.82) is 0 Å². The molecule has 0 aliphatic rings. The molecule has 1 aromatic carbocycles. The third-order valence-electron chi connectivity index (χ3n) is 1.76. The molecular weight excluding hydrogens is 255 g/mol. The number of nitrogens with zero attached hydrogens (tertiary/aromatic N) is 1. The Hall–Kier alpha value is -0.771. The third-order valence-corrected chi connectivity index (χ3v) is 2.85. The Morgan fingerprint density at radius 2 is 2.00 bits per heavy atom. The Morgan fingerprint density at radius 1 is 1.25 bits per heavy atom. The molecule has 2 nitrogen and oxygen atoms in total. The van der Waals surface area contributed by atoms with Gasteiger partial charge in [0.15, 0.2) is 0 Å². The van der Waals surface area contributed by atoms with Gasteiger partial charge in [0.1, 0.15) is 0 Å². The molecule has 2 N–H and O–H groups in total. The summed E-state index contributed by atoms with van der Waals surface area (Å²) in [5.41, 5.74) is 5.63. The predicted octanol–water partition coefficient (Wildman–Crippen LogP) is 0.611. The van der Waals surface area contributed by atoms with Crippen LogP contribution in [0.1, 0.15) is 0 Å². The van der Waals surface area contributed by atoms with E-state index < -0.39 is 0 Å². The molecule has 0 aliphatic carbocycles. The van der Waals surface area contributed by atoms with E-state index in [0.29, 0.717) is 5.82 Å². The molecule has 12 heavy (non-hydrogen) atoms. The zero-order valence-corrected chi connectivity index (χ0v) is 9.27. The Morgan fingerprint density at radius 3 is 2.83 bits per heavy atom. The van der Waals surface area contributed by atoms with Crippen molar-refractivity contribution < 1.29 is 0 Å². The van der Waals surface area contributed by atoms with E-state index in [-0.39, 0.29) is 0 Å². The minimum atomic E-state index is 0.612. The number of aromatic nitrogens is 1. The number of anilines is 1. The number of nitrogen functional groups attached to an aromatic ring is 1. The normalized spacial score (nSPS) is 10.4. The van der Waals surface area contributed by atoms with Crippen LogP contribution in [0.5, 0.6) is 0 Å². The van der Waals surface area contributed by atoms with Gasteiger partial charge < -0.3 is 0 Å². The van der Waals surface area contributed by atoms with E-state index in [9.17, 15) is 0 Å². The Balaban J connectivity index is 2.89. The first kappa shape index (κ1) is 7.86. The van der Waals surface area contributed by atoms with Gasteiger partial charge in [0.25, 0.3) is 0 Å². The molecule has 0 aliphatic heterocycles. The maximum absolute atomic E-state index is 5.63. The van der Waals surface area contributed by atoms with Crippen LogP contribution in [0.25, 0.3) is 10.8 Å². The van der Waals surface area contributed by atoms with E-state index in [1.165, 1.54) is 33.3 Å². The van der Waals surface area contributed by atoms with E-state index in [2.05, 4.69) is 17.1 Å². The molecule has 0 spiro atoms. The summed E-state index contributed by atoms with van der Waals surface area (Å²) in [5.74, 6) is 0.612. The molecule has 0 unspecified atom stereocenters. The number of benzene rings is 1. The fourth-order valence-electron chi connectivity index (χ4n) is 1.22. The molecule has 3 heteroatoms. The van der Waals surface area contributed by atoms with Crippen LogP contribution in [0.2, 0.25) is 0 Å². The maximum atomic E-state index is 5.63. The molecule has 0 atom stereocenters. The Kier molecular flexibility index (Phi) is 1.92. The van der Waals surface area contributed by atoms with Crippen molar-refractivity contribution in [1.82, 2.24) is 4.98 Å². The number of hydrogen-bond acceptors (Lipinski definition) is 2. The standard InChI is InChI=1S/C9H7N2.Sn/c10-9-5-7-3-1-2-4-8(7)6-11-9;/h1-5H,(H2,10,11);. The fourth-order valence-corrected chi connectivity index (χ4v) is 2.24. The summed E-state index contributed by atoms with van der Waals surface area (Å²) in [6, 6.07) is 10.1. The van der Waals surface area contributed by atoms with E-state index in [4.69, 9.17) is 5.73 Å². The Labute approximate surface area is 83.9 Å². The van der Waals surface area contributed by atoms with Crippen molar-refractivity contribution in [3.63, 3.8) is 0 Å². The van der Waals surface area contributed by atoms with Gasteiger partial charge in [0.05, 0.1) is 0 Å². The number of fused-ring (bicyclic) bond motifs is 1. The van der Waals surface area contributed by atoms with Gasteiger partial charge in [-0.2, -0.15) is 0 Å². The fraction of sp³-hybridized carbons (Fsp3) is 0. The van der Waals surface area contributed by atoms with Gasteiger partial charge in [-0.3, -0.25) is 0 Å². The summed E-state index contributed by atoms with van der Waals surface area (Å²) in [5, 5.41) is 2.39. The number of hydrogen-bond donors (Lipinski definition) is 1. The average Bonchev–Trinajstić information content (AvgIpc) is 2.04. The molecule has 1 aromatic heterocycles. The summed E-state index contributed by atoms with van der Waals surface area (Å²) in [6.07, 6.45) is 0.